The second-order valence-corrected chi connectivity index (χ2v) is 8.65. The standard InChI is InChI=1S/C24H20BrClN4/c25-18-10-11-21-19(16-18)23(17-6-2-1-3-7-17)28-24(27-21)30-14-12-29(13-15-30)22-9-5-4-8-20(22)26/h1-11,16H,12-15H2. The molecule has 0 atom stereocenters. The van der Waals surface area contributed by atoms with Crippen molar-refractivity contribution in [2.45, 2.75) is 0 Å². The number of hydrogen-bond donors (Lipinski definition) is 0. The van der Waals surface area contributed by atoms with Crippen LogP contribution in [0.4, 0.5) is 11.6 Å². The number of rotatable bonds is 3. The Bertz CT molecular complexity index is 1190. The van der Waals surface area contributed by atoms with Crippen LogP contribution in [0.3, 0.4) is 0 Å². The van der Waals surface area contributed by atoms with Gasteiger partial charge >= 0.3 is 0 Å². The smallest absolute Gasteiger partial charge is 0.226 e. The molecule has 6 heteroatoms. The molecule has 0 unspecified atom stereocenters. The normalized spacial score (nSPS) is 14.3. The minimum absolute atomic E-state index is 0.780. The molecule has 0 amide bonds. The van der Waals surface area contributed by atoms with Gasteiger partial charge in [0.2, 0.25) is 5.95 Å². The van der Waals surface area contributed by atoms with E-state index in [0.717, 1.165) is 69.5 Å². The number of para-hydroxylation sites is 1. The molecule has 4 aromatic rings. The number of aromatic nitrogens is 2. The van der Waals surface area contributed by atoms with Crippen molar-refractivity contribution in [3.05, 3.63) is 82.3 Å². The number of piperazine rings is 1. The molecule has 0 spiro atoms. The molecule has 0 saturated carbocycles. The van der Waals surface area contributed by atoms with Crippen molar-refractivity contribution in [1.82, 2.24) is 9.97 Å². The first-order valence-electron chi connectivity index (χ1n) is 9.96. The van der Waals surface area contributed by atoms with Crippen molar-refractivity contribution < 1.29 is 0 Å². The molecule has 0 bridgehead atoms. The van der Waals surface area contributed by atoms with Crippen LogP contribution in [0.5, 0.6) is 0 Å². The summed E-state index contributed by atoms with van der Waals surface area (Å²) < 4.78 is 1.02. The lowest BCUT2D eigenvalue weighted by molar-refractivity contribution is 0.641. The van der Waals surface area contributed by atoms with Crippen LogP contribution in [0.15, 0.2) is 77.3 Å². The molecule has 150 valence electrons. The summed E-state index contributed by atoms with van der Waals surface area (Å²) in [5.74, 6) is 0.780. The lowest BCUT2D eigenvalue weighted by Gasteiger charge is -2.36. The highest BCUT2D eigenvalue weighted by Crippen LogP contribution is 2.31. The van der Waals surface area contributed by atoms with E-state index in [1.54, 1.807) is 0 Å². The first kappa shape index (κ1) is 19.3. The van der Waals surface area contributed by atoms with Gasteiger partial charge in [-0.05, 0) is 30.3 Å². The Morgan fingerprint density at radius 3 is 2.23 bits per heavy atom. The van der Waals surface area contributed by atoms with Gasteiger partial charge in [0.25, 0.3) is 0 Å². The van der Waals surface area contributed by atoms with E-state index in [4.69, 9.17) is 21.6 Å². The fraction of sp³-hybridized carbons (Fsp3) is 0.167. The van der Waals surface area contributed by atoms with Crippen molar-refractivity contribution in [3.63, 3.8) is 0 Å². The largest absolute Gasteiger partial charge is 0.367 e. The van der Waals surface area contributed by atoms with Crippen molar-refractivity contribution >= 4 is 50.1 Å². The quantitative estimate of drug-likeness (QED) is 0.359. The first-order valence-corrected chi connectivity index (χ1v) is 11.1. The Morgan fingerprint density at radius 1 is 0.767 bits per heavy atom. The summed E-state index contributed by atoms with van der Waals surface area (Å²) in [6.45, 7) is 3.46. The average molecular weight is 480 g/mol. The Kier molecular flexibility index (Phi) is 5.32. The van der Waals surface area contributed by atoms with Crippen LogP contribution in [0.1, 0.15) is 0 Å². The monoisotopic (exact) mass is 478 g/mol. The van der Waals surface area contributed by atoms with Gasteiger partial charge in [-0.1, -0.05) is 70.0 Å². The van der Waals surface area contributed by atoms with Gasteiger partial charge in [0, 0.05) is 41.6 Å². The molecule has 1 aromatic heterocycles. The van der Waals surface area contributed by atoms with Crippen LogP contribution in [0.2, 0.25) is 5.02 Å². The lowest BCUT2D eigenvalue weighted by atomic mass is 10.1. The Balaban J connectivity index is 1.48. The Hall–Kier alpha value is -2.63. The first-order chi connectivity index (χ1) is 14.7. The summed E-state index contributed by atoms with van der Waals surface area (Å²) in [7, 11) is 0. The molecule has 1 aliphatic rings. The summed E-state index contributed by atoms with van der Waals surface area (Å²) in [6, 6.07) is 24.5. The number of anilines is 2. The van der Waals surface area contributed by atoms with E-state index < -0.39 is 0 Å². The van der Waals surface area contributed by atoms with E-state index in [9.17, 15) is 0 Å². The molecule has 1 aliphatic heterocycles. The molecule has 4 nitrogen and oxygen atoms in total. The van der Waals surface area contributed by atoms with E-state index in [0.29, 0.717) is 0 Å². The number of halogens is 2. The molecule has 30 heavy (non-hydrogen) atoms. The molecule has 0 aliphatic carbocycles. The van der Waals surface area contributed by atoms with Crippen LogP contribution in [-0.4, -0.2) is 36.1 Å². The van der Waals surface area contributed by atoms with Gasteiger partial charge in [-0.25, -0.2) is 9.97 Å². The van der Waals surface area contributed by atoms with Crippen LogP contribution in [0, 0.1) is 0 Å². The van der Waals surface area contributed by atoms with Crippen LogP contribution in [0.25, 0.3) is 22.2 Å². The fourth-order valence-electron chi connectivity index (χ4n) is 3.90. The zero-order valence-corrected chi connectivity index (χ0v) is 18.6. The molecule has 1 saturated heterocycles. The number of fused-ring (bicyclic) bond motifs is 1. The Morgan fingerprint density at radius 2 is 1.47 bits per heavy atom. The van der Waals surface area contributed by atoms with Crippen LogP contribution >= 0.6 is 27.5 Å². The zero-order chi connectivity index (χ0) is 20.5. The highest BCUT2D eigenvalue weighted by molar-refractivity contribution is 9.10. The predicted octanol–water partition coefficient (Wildman–Crippen LogP) is 6.04. The number of hydrogen-bond acceptors (Lipinski definition) is 4. The molecule has 3 aromatic carbocycles. The maximum atomic E-state index is 6.39. The van der Waals surface area contributed by atoms with E-state index in [1.165, 1.54) is 0 Å². The average Bonchev–Trinajstić information content (AvgIpc) is 2.79. The minimum atomic E-state index is 0.780. The molecule has 5 rings (SSSR count). The SMILES string of the molecule is Clc1ccccc1N1CCN(c2nc(-c3ccccc3)c3cc(Br)ccc3n2)CC1. The minimum Gasteiger partial charge on any atom is -0.367 e. The fourth-order valence-corrected chi connectivity index (χ4v) is 4.52. The van der Waals surface area contributed by atoms with Gasteiger partial charge in [-0.15, -0.1) is 0 Å². The van der Waals surface area contributed by atoms with Crippen molar-refractivity contribution in [2.75, 3.05) is 36.0 Å². The summed E-state index contributed by atoms with van der Waals surface area (Å²) in [6.07, 6.45) is 0. The van der Waals surface area contributed by atoms with E-state index >= 15 is 0 Å². The number of benzene rings is 3. The third kappa shape index (κ3) is 3.75. The number of nitrogens with zero attached hydrogens (tertiary/aromatic N) is 4. The molecule has 0 N–H and O–H groups in total. The van der Waals surface area contributed by atoms with Crippen LogP contribution < -0.4 is 9.80 Å². The van der Waals surface area contributed by atoms with Crippen molar-refractivity contribution in [3.8, 4) is 11.3 Å². The second-order valence-electron chi connectivity index (χ2n) is 7.33. The highest BCUT2D eigenvalue weighted by atomic mass is 79.9. The van der Waals surface area contributed by atoms with Crippen LogP contribution in [-0.2, 0) is 0 Å². The Labute approximate surface area is 189 Å². The molecule has 2 heterocycles. The van der Waals surface area contributed by atoms with Crippen molar-refractivity contribution in [1.29, 1.82) is 0 Å². The summed E-state index contributed by atoms with van der Waals surface area (Å²) in [5, 5.41) is 1.85. The van der Waals surface area contributed by atoms with Gasteiger partial charge in [0.05, 0.1) is 21.9 Å². The third-order valence-electron chi connectivity index (χ3n) is 5.45. The van der Waals surface area contributed by atoms with Gasteiger partial charge in [-0.3, -0.25) is 0 Å². The third-order valence-corrected chi connectivity index (χ3v) is 6.26. The highest BCUT2D eigenvalue weighted by Gasteiger charge is 2.22. The van der Waals surface area contributed by atoms with Gasteiger partial charge in [-0.2, -0.15) is 0 Å². The summed E-state index contributed by atoms with van der Waals surface area (Å²) in [4.78, 5) is 14.5. The van der Waals surface area contributed by atoms with Gasteiger partial charge < -0.3 is 9.80 Å². The lowest BCUT2D eigenvalue weighted by Crippen LogP contribution is -2.47. The zero-order valence-electron chi connectivity index (χ0n) is 16.3. The second kappa shape index (κ2) is 8.25. The van der Waals surface area contributed by atoms with Gasteiger partial charge in [0.15, 0.2) is 0 Å². The molecule has 1 fully saturated rings. The van der Waals surface area contributed by atoms with E-state index in [2.05, 4.69) is 56.1 Å². The van der Waals surface area contributed by atoms with Gasteiger partial charge in [0.1, 0.15) is 0 Å². The summed E-state index contributed by atoms with van der Waals surface area (Å²) >= 11 is 9.98. The molecular formula is C24H20BrClN4. The van der Waals surface area contributed by atoms with Crippen molar-refractivity contribution in [2.24, 2.45) is 0 Å². The van der Waals surface area contributed by atoms with E-state index in [1.807, 2.05) is 42.5 Å². The topological polar surface area (TPSA) is 32.3 Å². The molecular weight excluding hydrogens is 460 g/mol. The predicted molar refractivity (Wildman–Crippen MR) is 129 cm³/mol. The summed E-state index contributed by atoms with van der Waals surface area (Å²) in [5.41, 5.74) is 4.10. The van der Waals surface area contributed by atoms with E-state index in [-0.39, 0.29) is 0 Å². The maximum Gasteiger partial charge on any atom is 0.226 e. The molecule has 0 radical (unpaired) electrons. The maximum absolute atomic E-state index is 6.39.